The molecule has 2 aromatic heterocycles. The van der Waals surface area contributed by atoms with E-state index in [0.717, 1.165) is 30.9 Å². The van der Waals surface area contributed by atoms with Gasteiger partial charge in [-0.3, -0.25) is 0 Å². The van der Waals surface area contributed by atoms with Gasteiger partial charge in [0.25, 0.3) is 0 Å². The molecule has 2 heterocycles. The zero-order valence-electron chi connectivity index (χ0n) is 10.5. The van der Waals surface area contributed by atoms with Crippen LogP contribution in [0.2, 0.25) is 0 Å². The molecule has 0 unspecified atom stereocenters. The summed E-state index contributed by atoms with van der Waals surface area (Å²) in [6.07, 6.45) is 5.58. The zero-order chi connectivity index (χ0) is 12.8. The van der Waals surface area contributed by atoms with Gasteiger partial charge in [0.15, 0.2) is 0 Å². The fraction of sp³-hybridized carbons (Fsp3) is 0.385. The van der Waals surface area contributed by atoms with Crippen LogP contribution in [0.15, 0.2) is 29.9 Å². The van der Waals surface area contributed by atoms with Crippen molar-refractivity contribution in [1.29, 1.82) is 0 Å². The van der Waals surface area contributed by atoms with Crippen molar-refractivity contribution in [3.05, 3.63) is 40.3 Å². The Morgan fingerprint density at radius 1 is 1.28 bits per heavy atom. The van der Waals surface area contributed by atoms with Crippen molar-refractivity contribution in [3.63, 3.8) is 0 Å². The fourth-order valence-electron chi connectivity index (χ4n) is 1.67. The molecule has 0 aliphatic rings. The lowest BCUT2D eigenvalue weighted by Crippen LogP contribution is -2.22. The van der Waals surface area contributed by atoms with E-state index in [4.69, 9.17) is 5.73 Å². The first-order valence-electron chi connectivity index (χ1n) is 6.04. The third kappa shape index (κ3) is 3.51. The van der Waals surface area contributed by atoms with Crippen LogP contribution in [0.3, 0.4) is 0 Å². The largest absolute Gasteiger partial charge is 0.344 e. The van der Waals surface area contributed by atoms with Crippen LogP contribution < -0.4 is 10.6 Å². The second-order valence-corrected chi connectivity index (χ2v) is 5.21. The van der Waals surface area contributed by atoms with Gasteiger partial charge in [0.2, 0.25) is 5.95 Å². The van der Waals surface area contributed by atoms with Crippen molar-refractivity contribution in [2.24, 2.45) is 5.73 Å². The molecule has 0 amide bonds. The van der Waals surface area contributed by atoms with Crippen LogP contribution in [0.4, 0.5) is 5.95 Å². The molecular formula is C13H18N4S. The summed E-state index contributed by atoms with van der Waals surface area (Å²) >= 11 is 1.79. The lowest BCUT2D eigenvalue weighted by Gasteiger charge is -2.16. The molecule has 2 rings (SSSR count). The molecule has 18 heavy (non-hydrogen) atoms. The van der Waals surface area contributed by atoms with Crippen molar-refractivity contribution in [1.82, 2.24) is 9.97 Å². The second kappa shape index (κ2) is 6.47. The Hall–Kier alpha value is -1.46. The zero-order valence-corrected chi connectivity index (χ0v) is 11.4. The molecule has 0 aliphatic heterocycles. The Kier molecular flexibility index (Phi) is 4.66. The summed E-state index contributed by atoms with van der Waals surface area (Å²) in [6.45, 7) is 1.56. The van der Waals surface area contributed by atoms with Crippen molar-refractivity contribution >= 4 is 17.3 Å². The third-order valence-electron chi connectivity index (χ3n) is 2.74. The third-order valence-corrected chi connectivity index (χ3v) is 3.68. The van der Waals surface area contributed by atoms with Crippen molar-refractivity contribution in [2.45, 2.75) is 12.8 Å². The summed E-state index contributed by atoms with van der Waals surface area (Å²) in [4.78, 5) is 12.2. The van der Waals surface area contributed by atoms with E-state index in [9.17, 15) is 0 Å². The van der Waals surface area contributed by atoms with Crippen LogP contribution in [0.5, 0.6) is 0 Å². The van der Waals surface area contributed by atoms with E-state index < -0.39 is 0 Å². The number of likely N-dealkylation sites (N-methyl/N-ethyl adjacent to an activating group) is 1. The Morgan fingerprint density at radius 3 is 2.67 bits per heavy atom. The molecule has 4 nitrogen and oxygen atoms in total. The molecule has 96 valence electrons. The van der Waals surface area contributed by atoms with E-state index in [0.29, 0.717) is 6.54 Å². The van der Waals surface area contributed by atoms with E-state index in [-0.39, 0.29) is 0 Å². The van der Waals surface area contributed by atoms with Crippen molar-refractivity contribution < 1.29 is 0 Å². The lowest BCUT2D eigenvalue weighted by atomic mass is 10.2. The fourth-order valence-corrected chi connectivity index (χ4v) is 2.37. The summed E-state index contributed by atoms with van der Waals surface area (Å²) < 4.78 is 0. The predicted molar refractivity (Wildman–Crippen MR) is 76.1 cm³/mol. The molecule has 0 aromatic carbocycles. The van der Waals surface area contributed by atoms with Gasteiger partial charge in [0.05, 0.1) is 0 Å². The maximum atomic E-state index is 5.50. The highest BCUT2D eigenvalue weighted by Gasteiger charge is 2.04. The summed E-state index contributed by atoms with van der Waals surface area (Å²) in [5.74, 6) is 0.771. The first-order valence-corrected chi connectivity index (χ1v) is 6.92. The highest BCUT2D eigenvalue weighted by molar-refractivity contribution is 7.09. The van der Waals surface area contributed by atoms with Crippen LogP contribution in [-0.4, -0.2) is 30.1 Å². The lowest BCUT2D eigenvalue weighted by molar-refractivity contribution is 0.836. The number of hydrogen-bond acceptors (Lipinski definition) is 5. The maximum Gasteiger partial charge on any atom is 0.225 e. The molecule has 0 fully saturated rings. The van der Waals surface area contributed by atoms with Gasteiger partial charge in [0.1, 0.15) is 0 Å². The van der Waals surface area contributed by atoms with Gasteiger partial charge in [0, 0.05) is 30.9 Å². The monoisotopic (exact) mass is 262 g/mol. The SMILES string of the molecule is CN(CCc1cccs1)c1ncc(CCN)cn1. The number of nitrogens with two attached hydrogens (primary N) is 1. The molecule has 0 radical (unpaired) electrons. The minimum Gasteiger partial charge on any atom is -0.344 e. The van der Waals surface area contributed by atoms with Gasteiger partial charge in [-0.15, -0.1) is 11.3 Å². The molecule has 2 aromatic rings. The highest BCUT2D eigenvalue weighted by atomic mass is 32.1. The predicted octanol–water partition coefficient (Wildman–Crippen LogP) is 1.72. The number of aromatic nitrogens is 2. The first-order chi connectivity index (χ1) is 8.79. The quantitative estimate of drug-likeness (QED) is 0.861. The molecule has 0 atom stereocenters. The second-order valence-electron chi connectivity index (χ2n) is 4.18. The Morgan fingerprint density at radius 2 is 2.06 bits per heavy atom. The molecule has 2 N–H and O–H groups in total. The van der Waals surface area contributed by atoms with Gasteiger partial charge in [-0.2, -0.15) is 0 Å². The average Bonchev–Trinajstić information content (AvgIpc) is 2.90. The molecule has 0 saturated carbocycles. The van der Waals surface area contributed by atoms with Gasteiger partial charge in [-0.25, -0.2) is 9.97 Å². The topological polar surface area (TPSA) is 55.0 Å². The van der Waals surface area contributed by atoms with Gasteiger partial charge >= 0.3 is 0 Å². The molecule has 5 heteroatoms. The Bertz CT molecular complexity index is 452. The highest BCUT2D eigenvalue weighted by Crippen LogP contribution is 2.11. The molecule has 0 saturated heterocycles. The van der Waals surface area contributed by atoms with E-state index in [2.05, 4.69) is 32.4 Å². The summed E-state index contributed by atoms with van der Waals surface area (Å²) in [7, 11) is 2.02. The minimum atomic E-state index is 0.636. The molecular weight excluding hydrogens is 244 g/mol. The Labute approximate surface area is 111 Å². The van der Waals surface area contributed by atoms with Gasteiger partial charge < -0.3 is 10.6 Å². The average molecular weight is 262 g/mol. The number of anilines is 1. The summed E-state index contributed by atoms with van der Waals surface area (Å²) in [6, 6.07) is 4.24. The van der Waals surface area contributed by atoms with Crippen molar-refractivity contribution in [2.75, 3.05) is 25.0 Å². The number of rotatable bonds is 6. The number of nitrogens with zero attached hydrogens (tertiary/aromatic N) is 3. The normalized spacial score (nSPS) is 10.6. The standard InChI is InChI=1S/C13H18N4S/c1-17(7-5-12-3-2-8-18-12)13-15-9-11(4-6-14)10-16-13/h2-3,8-10H,4-7,14H2,1H3. The number of thiophene rings is 1. The van der Waals surface area contributed by atoms with Gasteiger partial charge in [-0.05, 0) is 36.4 Å². The summed E-state index contributed by atoms with van der Waals surface area (Å²) in [5.41, 5.74) is 6.59. The van der Waals surface area contributed by atoms with Crippen LogP contribution >= 0.6 is 11.3 Å². The molecule has 0 aliphatic carbocycles. The van der Waals surface area contributed by atoms with Crippen LogP contribution in [0, 0.1) is 0 Å². The smallest absolute Gasteiger partial charge is 0.225 e. The molecule has 0 spiro atoms. The van der Waals surface area contributed by atoms with E-state index in [1.165, 1.54) is 4.88 Å². The van der Waals surface area contributed by atoms with E-state index in [1.54, 1.807) is 11.3 Å². The maximum absolute atomic E-state index is 5.50. The van der Waals surface area contributed by atoms with Crippen molar-refractivity contribution in [3.8, 4) is 0 Å². The van der Waals surface area contributed by atoms with Crippen LogP contribution in [0.1, 0.15) is 10.4 Å². The molecule has 0 bridgehead atoms. The van der Waals surface area contributed by atoms with Crippen LogP contribution in [-0.2, 0) is 12.8 Å². The van der Waals surface area contributed by atoms with Gasteiger partial charge in [-0.1, -0.05) is 6.07 Å². The number of hydrogen-bond donors (Lipinski definition) is 1. The first kappa shape index (κ1) is 13.0. The van der Waals surface area contributed by atoms with E-state index in [1.807, 2.05) is 19.4 Å². The Balaban J connectivity index is 1.89. The summed E-state index contributed by atoms with van der Waals surface area (Å²) in [5, 5.41) is 2.10. The van der Waals surface area contributed by atoms with Crippen LogP contribution in [0.25, 0.3) is 0 Å². The van der Waals surface area contributed by atoms with E-state index >= 15 is 0 Å². The minimum absolute atomic E-state index is 0.636.